The Balaban J connectivity index is 2.59. The first-order valence-corrected chi connectivity index (χ1v) is 7.52. The lowest BCUT2D eigenvalue weighted by molar-refractivity contribution is -0.176. The van der Waals surface area contributed by atoms with Crippen LogP contribution in [0.1, 0.15) is 59.8 Å². The van der Waals surface area contributed by atoms with Gasteiger partial charge < -0.3 is 9.84 Å². The van der Waals surface area contributed by atoms with Crippen molar-refractivity contribution in [2.45, 2.75) is 71.0 Å². The van der Waals surface area contributed by atoms with Gasteiger partial charge in [0.25, 0.3) is 0 Å². The van der Waals surface area contributed by atoms with Crippen LogP contribution in [0, 0.1) is 11.3 Å². The number of fused-ring (bicyclic) bond motifs is 1. The third-order valence-electron chi connectivity index (χ3n) is 5.23. The molecular formula is C16H24O5. The maximum Gasteiger partial charge on any atom is 0.303 e. The quantitative estimate of drug-likeness (QED) is 0.786. The molecule has 2 rings (SSSR count). The average molecular weight is 296 g/mol. The van der Waals surface area contributed by atoms with Crippen molar-refractivity contribution in [3.63, 3.8) is 0 Å². The van der Waals surface area contributed by atoms with Crippen molar-refractivity contribution in [3.05, 3.63) is 0 Å². The molecule has 5 heteroatoms. The first-order valence-electron chi connectivity index (χ1n) is 7.52. The molecule has 0 aliphatic heterocycles. The average Bonchev–Trinajstić information content (AvgIpc) is 2.53. The van der Waals surface area contributed by atoms with Crippen molar-refractivity contribution < 1.29 is 24.2 Å². The lowest BCUT2D eigenvalue weighted by atomic mass is 9.61. The van der Waals surface area contributed by atoms with Crippen LogP contribution in [0.4, 0.5) is 0 Å². The summed E-state index contributed by atoms with van der Waals surface area (Å²) < 4.78 is 5.44. The largest absolute Gasteiger partial charge is 0.459 e. The van der Waals surface area contributed by atoms with Gasteiger partial charge in [0.05, 0.1) is 16.9 Å². The van der Waals surface area contributed by atoms with Gasteiger partial charge in [0.1, 0.15) is 17.2 Å². The third kappa shape index (κ3) is 2.31. The number of hydrogen-bond donors (Lipinski definition) is 1. The molecule has 0 spiro atoms. The Hall–Kier alpha value is -1.23. The van der Waals surface area contributed by atoms with Gasteiger partial charge in [0.2, 0.25) is 0 Å². The summed E-state index contributed by atoms with van der Waals surface area (Å²) in [5.74, 6) is -1.39. The highest BCUT2D eigenvalue weighted by atomic mass is 16.6. The summed E-state index contributed by atoms with van der Waals surface area (Å²) in [6.07, 6.45) is 1.88. The number of hydrogen-bond acceptors (Lipinski definition) is 5. The van der Waals surface area contributed by atoms with E-state index in [9.17, 15) is 19.5 Å². The molecule has 0 unspecified atom stereocenters. The van der Waals surface area contributed by atoms with E-state index < -0.39 is 28.5 Å². The first-order chi connectivity index (χ1) is 9.54. The van der Waals surface area contributed by atoms with Gasteiger partial charge in [-0.2, -0.15) is 0 Å². The van der Waals surface area contributed by atoms with Crippen molar-refractivity contribution >= 4 is 17.5 Å². The molecule has 3 atom stereocenters. The third-order valence-corrected chi connectivity index (χ3v) is 5.23. The Bertz CT molecular complexity index is 489. The molecule has 0 aromatic carbocycles. The number of aliphatic hydroxyl groups is 1. The fraction of sp³-hybridized carbons (Fsp3) is 0.812. The molecule has 2 saturated carbocycles. The zero-order valence-corrected chi connectivity index (χ0v) is 13.2. The normalized spacial score (nSPS) is 37.1. The molecule has 0 saturated heterocycles. The summed E-state index contributed by atoms with van der Waals surface area (Å²) in [6, 6.07) is 0. The SMILES string of the molecule is CC(=O)O[C@@]1(C)CC[C@@]2(C(C)(C)O)C(=O)CCCC(=O)[C@@H]12. The molecule has 2 aliphatic rings. The van der Waals surface area contributed by atoms with Crippen molar-refractivity contribution in [1.29, 1.82) is 0 Å². The van der Waals surface area contributed by atoms with E-state index in [1.807, 2.05) is 0 Å². The van der Waals surface area contributed by atoms with Crippen LogP contribution < -0.4 is 0 Å². The van der Waals surface area contributed by atoms with Crippen LogP contribution in [0.2, 0.25) is 0 Å². The molecule has 118 valence electrons. The standard InChI is InChI=1S/C16H24O5/c1-10(17)21-15(4)8-9-16(14(2,3)20)12(19)7-5-6-11(18)13(15)16/h13,20H,5-9H2,1-4H3/t13-,15-,16+/m0/s1. The maximum atomic E-state index is 12.7. The van der Waals surface area contributed by atoms with Crippen LogP contribution >= 0.6 is 0 Å². The number of Topliss-reactive ketones (excluding diaryl/α,β-unsaturated/α-hetero) is 2. The number of carbonyl (C=O) groups is 3. The van der Waals surface area contributed by atoms with Crippen LogP contribution in [-0.2, 0) is 19.1 Å². The second-order valence-electron chi connectivity index (χ2n) is 7.11. The van der Waals surface area contributed by atoms with E-state index in [1.165, 1.54) is 6.92 Å². The summed E-state index contributed by atoms with van der Waals surface area (Å²) in [5, 5.41) is 10.7. The smallest absolute Gasteiger partial charge is 0.303 e. The van der Waals surface area contributed by atoms with Gasteiger partial charge in [-0.1, -0.05) is 0 Å². The molecule has 2 fully saturated rings. The molecule has 0 aromatic heterocycles. The topological polar surface area (TPSA) is 80.7 Å². The Morgan fingerprint density at radius 1 is 1.29 bits per heavy atom. The number of carbonyl (C=O) groups excluding carboxylic acids is 3. The van der Waals surface area contributed by atoms with Gasteiger partial charge in [-0.15, -0.1) is 0 Å². The Morgan fingerprint density at radius 3 is 2.43 bits per heavy atom. The van der Waals surface area contributed by atoms with E-state index in [0.29, 0.717) is 32.1 Å². The molecular weight excluding hydrogens is 272 g/mol. The highest BCUT2D eigenvalue weighted by Gasteiger charge is 2.68. The zero-order valence-electron chi connectivity index (χ0n) is 13.2. The summed E-state index contributed by atoms with van der Waals surface area (Å²) in [7, 11) is 0. The number of ketones is 2. The Kier molecular flexibility index (Phi) is 3.77. The lowest BCUT2D eigenvalue weighted by Gasteiger charge is -2.44. The van der Waals surface area contributed by atoms with E-state index >= 15 is 0 Å². The van der Waals surface area contributed by atoms with Gasteiger partial charge in [-0.3, -0.25) is 14.4 Å². The monoisotopic (exact) mass is 296 g/mol. The van der Waals surface area contributed by atoms with Crippen molar-refractivity contribution in [2.75, 3.05) is 0 Å². The predicted octanol–water partition coefficient (Wildman–Crippen LogP) is 1.80. The fourth-order valence-corrected chi connectivity index (χ4v) is 4.40. The summed E-state index contributed by atoms with van der Waals surface area (Å²) in [6.45, 7) is 6.17. The van der Waals surface area contributed by atoms with Crippen LogP contribution in [0.25, 0.3) is 0 Å². The summed E-state index contributed by atoms with van der Waals surface area (Å²) in [4.78, 5) is 36.8. The van der Waals surface area contributed by atoms with Crippen LogP contribution in [-0.4, -0.2) is 33.8 Å². The molecule has 21 heavy (non-hydrogen) atoms. The summed E-state index contributed by atoms with van der Waals surface area (Å²) >= 11 is 0. The second-order valence-corrected chi connectivity index (χ2v) is 7.11. The second kappa shape index (κ2) is 4.90. The number of rotatable bonds is 2. The zero-order chi connectivity index (χ0) is 16.1. The Morgan fingerprint density at radius 2 is 1.90 bits per heavy atom. The molecule has 0 aromatic rings. The van der Waals surface area contributed by atoms with Gasteiger partial charge in [-0.05, 0) is 40.0 Å². The van der Waals surface area contributed by atoms with Crippen LogP contribution in [0.5, 0.6) is 0 Å². The molecule has 0 bridgehead atoms. The molecule has 0 radical (unpaired) electrons. The van der Waals surface area contributed by atoms with Gasteiger partial charge >= 0.3 is 5.97 Å². The molecule has 5 nitrogen and oxygen atoms in total. The molecule has 1 N–H and O–H groups in total. The highest BCUT2D eigenvalue weighted by molar-refractivity contribution is 5.97. The van der Waals surface area contributed by atoms with E-state index in [4.69, 9.17) is 4.74 Å². The minimum absolute atomic E-state index is 0.0794. The fourth-order valence-electron chi connectivity index (χ4n) is 4.40. The van der Waals surface area contributed by atoms with E-state index in [2.05, 4.69) is 0 Å². The Labute approximate surface area is 125 Å². The van der Waals surface area contributed by atoms with Crippen LogP contribution in [0.3, 0.4) is 0 Å². The lowest BCUT2D eigenvalue weighted by Crippen LogP contribution is -2.57. The van der Waals surface area contributed by atoms with Gasteiger partial charge in [0, 0.05) is 19.8 Å². The van der Waals surface area contributed by atoms with E-state index in [-0.39, 0.29) is 11.6 Å². The van der Waals surface area contributed by atoms with Crippen molar-refractivity contribution in [2.24, 2.45) is 11.3 Å². The molecule has 0 heterocycles. The van der Waals surface area contributed by atoms with E-state index in [1.54, 1.807) is 20.8 Å². The van der Waals surface area contributed by atoms with E-state index in [0.717, 1.165) is 0 Å². The molecule has 0 amide bonds. The predicted molar refractivity (Wildman–Crippen MR) is 75.5 cm³/mol. The number of esters is 1. The summed E-state index contributed by atoms with van der Waals surface area (Å²) in [5.41, 5.74) is -3.49. The van der Waals surface area contributed by atoms with Crippen molar-refractivity contribution in [1.82, 2.24) is 0 Å². The first kappa shape index (κ1) is 16.1. The van der Waals surface area contributed by atoms with Crippen LogP contribution in [0.15, 0.2) is 0 Å². The van der Waals surface area contributed by atoms with Gasteiger partial charge in [0.15, 0.2) is 0 Å². The highest BCUT2D eigenvalue weighted by Crippen LogP contribution is 2.59. The minimum Gasteiger partial charge on any atom is -0.459 e. The van der Waals surface area contributed by atoms with Gasteiger partial charge in [-0.25, -0.2) is 0 Å². The minimum atomic E-state index is -1.33. The maximum absolute atomic E-state index is 12.7. The molecule has 2 aliphatic carbocycles. The van der Waals surface area contributed by atoms with Crippen molar-refractivity contribution in [3.8, 4) is 0 Å². The number of ether oxygens (including phenoxy) is 1.